The van der Waals surface area contributed by atoms with Crippen molar-refractivity contribution in [3.05, 3.63) is 77.0 Å². The first-order chi connectivity index (χ1) is 18.6. The van der Waals surface area contributed by atoms with Crippen molar-refractivity contribution in [2.24, 2.45) is 0 Å². The van der Waals surface area contributed by atoms with Crippen molar-refractivity contribution in [3.63, 3.8) is 0 Å². The number of nitrogens with zero attached hydrogens (tertiary/aromatic N) is 5. The van der Waals surface area contributed by atoms with Crippen LogP contribution in [0.3, 0.4) is 0 Å². The van der Waals surface area contributed by atoms with Gasteiger partial charge in [-0.2, -0.15) is 4.68 Å². The summed E-state index contributed by atoms with van der Waals surface area (Å²) in [5.41, 5.74) is 4.39. The first-order valence-corrected chi connectivity index (χ1v) is 14.4. The zero-order valence-electron chi connectivity index (χ0n) is 20.6. The number of ether oxygens (including phenoxy) is 1. The number of carbonyl (C=O) groups is 1. The maximum absolute atomic E-state index is 13.0. The lowest BCUT2D eigenvalue weighted by atomic mass is 10.1. The predicted octanol–water partition coefficient (Wildman–Crippen LogP) is 5.85. The van der Waals surface area contributed by atoms with E-state index in [1.165, 1.54) is 22.6 Å². The molecular weight excluding hydrogens is 617 g/mol. The van der Waals surface area contributed by atoms with Crippen molar-refractivity contribution in [2.45, 2.75) is 42.6 Å². The molecule has 1 amide bonds. The van der Waals surface area contributed by atoms with Crippen LogP contribution in [0.25, 0.3) is 23.0 Å². The summed E-state index contributed by atoms with van der Waals surface area (Å²) in [4.78, 5) is 21.2. The van der Waals surface area contributed by atoms with Crippen LogP contribution >= 0.6 is 34.2 Å². The molecule has 0 aliphatic carbocycles. The van der Waals surface area contributed by atoms with Crippen molar-refractivity contribution >= 4 is 46.2 Å². The number of hydrogen-bond donors (Lipinski definition) is 2. The number of tetrazole rings is 1. The summed E-state index contributed by atoms with van der Waals surface area (Å²) < 4.78 is 8.60. The highest BCUT2D eigenvalue weighted by molar-refractivity contribution is 14.1. The number of alkyl halides is 1. The molecule has 0 saturated carbocycles. The SMILES string of the molecule is O=C(/C=C/c1cc(Cl)ccc1-n1cnnn1)N[C@H]1CCCCCCOc2cc(CI)ccc2-c2c[nH]c1n2. The summed E-state index contributed by atoms with van der Waals surface area (Å²) in [6.07, 6.45) is 11.4. The van der Waals surface area contributed by atoms with Crippen LogP contribution in [0, 0.1) is 0 Å². The van der Waals surface area contributed by atoms with Gasteiger partial charge in [0.25, 0.3) is 0 Å². The van der Waals surface area contributed by atoms with E-state index in [9.17, 15) is 4.79 Å². The summed E-state index contributed by atoms with van der Waals surface area (Å²) in [7, 11) is 0. The van der Waals surface area contributed by atoms with Crippen molar-refractivity contribution in [1.82, 2.24) is 35.5 Å². The number of aromatic amines is 1. The highest BCUT2D eigenvalue weighted by atomic mass is 127. The van der Waals surface area contributed by atoms with Crippen LogP contribution < -0.4 is 10.1 Å². The first-order valence-electron chi connectivity index (χ1n) is 12.5. The maximum Gasteiger partial charge on any atom is 0.244 e. The fourth-order valence-electron chi connectivity index (χ4n) is 4.42. The lowest BCUT2D eigenvalue weighted by Gasteiger charge is -2.16. The van der Waals surface area contributed by atoms with Crippen molar-refractivity contribution in [2.75, 3.05) is 6.61 Å². The fourth-order valence-corrected chi connectivity index (χ4v) is 5.08. The third kappa shape index (κ3) is 6.41. The molecule has 1 atom stereocenters. The number of H-pyrrole nitrogens is 1. The Morgan fingerprint density at radius 2 is 2.11 bits per heavy atom. The standard InChI is InChI=1S/C27H27ClIN7O2/c28-20-8-10-24(36-17-31-34-35-36)19(14-20)7-11-26(37)32-22-5-3-1-2-4-12-38-25-13-18(15-29)6-9-21(25)23-16-30-27(22)33-23/h6-11,13-14,16-17,22H,1-5,12,15H2,(H,30,33)(H,32,37)/b11-7+/t22-/m0/s1. The second-order valence-corrected chi connectivity index (χ2v) is 10.2. The van der Waals surface area contributed by atoms with Gasteiger partial charge in [-0.3, -0.25) is 4.79 Å². The van der Waals surface area contributed by atoms with E-state index in [1.54, 1.807) is 24.3 Å². The van der Waals surface area contributed by atoms with Gasteiger partial charge in [0.1, 0.15) is 17.9 Å². The number of fused-ring (bicyclic) bond motifs is 4. The van der Waals surface area contributed by atoms with Crippen LogP contribution in [-0.2, 0) is 9.22 Å². The summed E-state index contributed by atoms with van der Waals surface area (Å²) in [6, 6.07) is 11.3. The van der Waals surface area contributed by atoms with Crippen molar-refractivity contribution < 1.29 is 9.53 Å². The third-order valence-corrected chi connectivity index (χ3v) is 7.48. The number of halogens is 2. The number of imidazole rings is 1. The number of amides is 1. The van der Waals surface area contributed by atoms with Crippen LogP contribution in [0.15, 0.2) is 55.0 Å². The smallest absolute Gasteiger partial charge is 0.244 e. The minimum atomic E-state index is -0.252. The average molecular weight is 644 g/mol. The van der Waals surface area contributed by atoms with E-state index in [4.69, 9.17) is 21.3 Å². The Morgan fingerprint density at radius 1 is 1.21 bits per heavy atom. The van der Waals surface area contributed by atoms with Gasteiger partial charge in [-0.1, -0.05) is 59.5 Å². The number of carbonyl (C=O) groups excluding carboxylic acids is 1. The first kappa shape index (κ1) is 26.4. The van der Waals surface area contributed by atoms with Gasteiger partial charge in [-0.05, 0) is 65.2 Å². The zero-order chi connectivity index (χ0) is 26.3. The molecule has 2 aromatic heterocycles. The summed E-state index contributed by atoms with van der Waals surface area (Å²) in [5.74, 6) is 1.34. The topological polar surface area (TPSA) is 111 Å². The molecule has 9 nitrogen and oxygen atoms in total. The van der Waals surface area contributed by atoms with Gasteiger partial charge in [0.15, 0.2) is 0 Å². The Hall–Kier alpha value is -3.25. The van der Waals surface area contributed by atoms with E-state index < -0.39 is 0 Å². The van der Waals surface area contributed by atoms with E-state index in [1.807, 2.05) is 6.20 Å². The van der Waals surface area contributed by atoms with E-state index in [2.05, 4.69) is 66.6 Å². The van der Waals surface area contributed by atoms with Gasteiger partial charge in [-0.15, -0.1) is 5.10 Å². The molecule has 0 spiro atoms. The lowest BCUT2D eigenvalue weighted by molar-refractivity contribution is -0.117. The van der Waals surface area contributed by atoms with Crippen LogP contribution in [0.1, 0.15) is 55.1 Å². The molecule has 3 heterocycles. The molecule has 2 aromatic carbocycles. The van der Waals surface area contributed by atoms with E-state index in [0.29, 0.717) is 17.3 Å². The van der Waals surface area contributed by atoms with Crippen molar-refractivity contribution in [3.8, 4) is 22.7 Å². The monoisotopic (exact) mass is 643 g/mol. The second kappa shape index (κ2) is 12.5. The summed E-state index contributed by atoms with van der Waals surface area (Å²) >= 11 is 8.57. The molecule has 196 valence electrons. The molecule has 0 saturated heterocycles. The van der Waals surface area contributed by atoms with E-state index >= 15 is 0 Å². The highest BCUT2D eigenvalue weighted by Gasteiger charge is 2.19. The molecule has 2 bridgehead atoms. The maximum atomic E-state index is 13.0. The Morgan fingerprint density at radius 3 is 2.95 bits per heavy atom. The van der Waals surface area contributed by atoms with Gasteiger partial charge >= 0.3 is 0 Å². The number of nitrogens with one attached hydrogen (secondary N) is 2. The molecule has 2 N–H and O–H groups in total. The highest BCUT2D eigenvalue weighted by Crippen LogP contribution is 2.32. The minimum Gasteiger partial charge on any atom is -0.493 e. The van der Waals surface area contributed by atoms with Crippen LogP contribution in [0.2, 0.25) is 5.02 Å². The fraction of sp³-hybridized carbons (Fsp3) is 0.296. The Balaban J connectivity index is 1.37. The molecule has 0 fully saturated rings. The third-order valence-electron chi connectivity index (χ3n) is 6.36. The molecule has 1 aliphatic rings. The van der Waals surface area contributed by atoms with Crippen LogP contribution in [0.5, 0.6) is 5.75 Å². The average Bonchev–Trinajstić information content (AvgIpc) is 3.63. The molecule has 11 heteroatoms. The van der Waals surface area contributed by atoms with Gasteiger partial charge in [0.2, 0.25) is 5.91 Å². The quantitative estimate of drug-likeness (QED) is 0.160. The summed E-state index contributed by atoms with van der Waals surface area (Å²) in [6.45, 7) is 0.677. The molecule has 38 heavy (non-hydrogen) atoms. The number of rotatable bonds is 5. The van der Waals surface area contributed by atoms with Crippen LogP contribution in [0.4, 0.5) is 0 Å². The predicted molar refractivity (Wildman–Crippen MR) is 154 cm³/mol. The van der Waals surface area contributed by atoms with Crippen LogP contribution in [-0.4, -0.2) is 42.7 Å². The largest absolute Gasteiger partial charge is 0.493 e. The second-order valence-electron chi connectivity index (χ2n) is 9.04. The number of aromatic nitrogens is 6. The Bertz CT molecular complexity index is 1420. The van der Waals surface area contributed by atoms with Gasteiger partial charge in [0, 0.05) is 32.8 Å². The minimum absolute atomic E-state index is 0.227. The van der Waals surface area contributed by atoms with E-state index in [0.717, 1.165) is 64.9 Å². The van der Waals surface area contributed by atoms with Gasteiger partial charge in [-0.25, -0.2) is 4.98 Å². The van der Waals surface area contributed by atoms with Crippen molar-refractivity contribution in [1.29, 1.82) is 0 Å². The molecule has 1 aliphatic heterocycles. The van der Waals surface area contributed by atoms with E-state index in [-0.39, 0.29) is 11.9 Å². The van der Waals surface area contributed by atoms with Gasteiger partial charge < -0.3 is 15.0 Å². The molecule has 4 aromatic rings. The number of hydrogen-bond acceptors (Lipinski definition) is 6. The molecular formula is C27H27ClIN7O2. The Kier molecular flexibility index (Phi) is 8.69. The molecule has 0 unspecified atom stereocenters. The lowest BCUT2D eigenvalue weighted by Crippen LogP contribution is -2.27. The summed E-state index contributed by atoms with van der Waals surface area (Å²) in [5, 5.41) is 15.0. The normalized spacial score (nSPS) is 16.1. The number of benzene rings is 2. The Labute approximate surface area is 239 Å². The molecule has 5 rings (SSSR count). The van der Waals surface area contributed by atoms with Gasteiger partial charge in [0.05, 0.1) is 24.0 Å². The molecule has 0 radical (unpaired) electrons. The zero-order valence-corrected chi connectivity index (χ0v) is 23.5.